The van der Waals surface area contributed by atoms with Gasteiger partial charge in [0.05, 0.1) is 20.2 Å². The Hall–Kier alpha value is -1.81. The van der Waals surface area contributed by atoms with E-state index in [2.05, 4.69) is 27.1 Å². The fraction of sp³-hybridized carbons (Fsp3) is 0.400. The molecular weight excluding hydrogens is 487 g/mol. The molecule has 0 saturated heterocycles. The molecule has 0 atom stereocenters. The standard InChI is InChI=1S/C20H26N4O2S.HI/c1-3-21-20(22-12-15-6-4-5-7-17(15)26-2)23-13-19(25)24-10-8-18-16(14-24)9-11-27-18;/h4-7,9,11H,3,8,10,12-14H2,1-2H3,(H2,21,22,23);1H. The smallest absolute Gasteiger partial charge is 0.242 e. The Morgan fingerprint density at radius 2 is 2.11 bits per heavy atom. The normalized spacial score (nSPS) is 13.4. The van der Waals surface area contributed by atoms with Crippen LogP contribution in [0.3, 0.4) is 0 Å². The number of benzene rings is 1. The lowest BCUT2D eigenvalue weighted by Gasteiger charge is -2.27. The zero-order chi connectivity index (χ0) is 19.1. The number of rotatable bonds is 6. The number of carbonyl (C=O) groups is 1. The number of hydrogen-bond donors (Lipinski definition) is 2. The molecule has 152 valence electrons. The van der Waals surface area contributed by atoms with E-state index in [1.165, 1.54) is 10.4 Å². The van der Waals surface area contributed by atoms with Crippen LogP contribution in [-0.2, 0) is 24.3 Å². The molecule has 2 aromatic rings. The second-order valence-corrected chi connectivity index (χ2v) is 7.30. The minimum absolute atomic E-state index is 0. The quantitative estimate of drug-likeness (QED) is 0.354. The molecule has 0 aliphatic carbocycles. The van der Waals surface area contributed by atoms with Gasteiger partial charge in [-0.15, -0.1) is 35.3 Å². The van der Waals surface area contributed by atoms with Crippen LogP contribution in [0.15, 0.2) is 40.7 Å². The van der Waals surface area contributed by atoms with Crippen molar-refractivity contribution < 1.29 is 9.53 Å². The van der Waals surface area contributed by atoms with Crippen LogP contribution in [0.1, 0.15) is 22.9 Å². The summed E-state index contributed by atoms with van der Waals surface area (Å²) in [4.78, 5) is 20.5. The lowest BCUT2D eigenvalue weighted by atomic mass is 10.1. The molecule has 0 spiro atoms. The lowest BCUT2D eigenvalue weighted by molar-refractivity contribution is -0.130. The third-order valence-electron chi connectivity index (χ3n) is 4.51. The number of hydrogen-bond acceptors (Lipinski definition) is 4. The molecule has 0 unspecified atom stereocenters. The van der Waals surface area contributed by atoms with Crippen LogP contribution < -0.4 is 15.4 Å². The summed E-state index contributed by atoms with van der Waals surface area (Å²) in [5, 5.41) is 8.44. The number of ether oxygens (including phenoxy) is 1. The van der Waals surface area contributed by atoms with Crippen LogP contribution in [0.5, 0.6) is 5.75 Å². The van der Waals surface area contributed by atoms with Gasteiger partial charge in [-0.3, -0.25) is 4.79 Å². The van der Waals surface area contributed by atoms with Crippen LogP contribution in [0.25, 0.3) is 0 Å². The van der Waals surface area contributed by atoms with E-state index in [9.17, 15) is 4.79 Å². The third kappa shape index (κ3) is 5.84. The average molecular weight is 514 g/mol. The van der Waals surface area contributed by atoms with Gasteiger partial charge in [0, 0.05) is 30.1 Å². The highest BCUT2D eigenvalue weighted by Gasteiger charge is 2.21. The van der Waals surface area contributed by atoms with Crippen LogP contribution in [0, 0.1) is 0 Å². The van der Waals surface area contributed by atoms with E-state index in [0.29, 0.717) is 19.0 Å². The number of amides is 1. The van der Waals surface area contributed by atoms with Crippen molar-refractivity contribution in [1.82, 2.24) is 15.5 Å². The van der Waals surface area contributed by atoms with Crippen molar-refractivity contribution in [2.75, 3.05) is 26.7 Å². The Labute approximate surface area is 187 Å². The highest BCUT2D eigenvalue weighted by molar-refractivity contribution is 14.0. The molecule has 1 aromatic carbocycles. The third-order valence-corrected chi connectivity index (χ3v) is 5.53. The van der Waals surface area contributed by atoms with Crippen LogP contribution in [0.2, 0.25) is 0 Å². The molecule has 0 bridgehead atoms. The fourth-order valence-corrected chi connectivity index (χ4v) is 3.96. The van der Waals surface area contributed by atoms with Crippen molar-refractivity contribution in [3.63, 3.8) is 0 Å². The minimum Gasteiger partial charge on any atom is -0.496 e. The zero-order valence-electron chi connectivity index (χ0n) is 16.2. The summed E-state index contributed by atoms with van der Waals surface area (Å²) >= 11 is 1.78. The van der Waals surface area contributed by atoms with Gasteiger partial charge in [0.2, 0.25) is 5.91 Å². The molecule has 6 nitrogen and oxygen atoms in total. The lowest BCUT2D eigenvalue weighted by Crippen LogP contribution is -2.45. The number of thiophene rings is 1. The molecule has 8 heteroatoms. The number of para-hydroxylation sites is 1. The maximum atomic E-state index is 12.6. The van der Waals surface area contributed by atoms with Crippen molar-refractivity contribution in [2.24, 2.45) is 4.99 Å². The first-order valence-electron chi connectivity index (χ1n) is 9.18. The van der Waals surface area contributed by atoms with Gasteiger partial charge in [-0.1, -0.05) is 18.2 Å². The second-order valence-electron chi connectivity index (χ2n) is 6.29. The summed E-state index contributed by atoms with van der Waals surface area (Å²) in [7, 11) is 1.65. The Morgan fingerprint density at radius 3 is 2.89 bits per heavy atom. The summed E-state index contributed by atoms with van der Waals surface area (Å²) in [5.41, 5.74) is 2.28. The topological polar surface area (TPSA) is 66.0 Å². The molecule has 0 saturated carbocycles. The molecular formula is C20H27IN4O2S. The van der Waals surface area contributed by atoms with Gasteiger partial charge in [-0.2, -0.15) is 0 Å². The van der Waals surface area contributed by atoms with Crippen molar-refractivity contribution in [3.05, 3.63) is 51.7 Å². The van der Waals surface area contributed by atoms with Crippen molar-refractivity contribution in [1.29, 1.82) is 0 Å². The molecule has 1 aliphatic heterocycles. The molecule has 2 N–H and O–H groups in total. The average Bonchev–Trinajstić information content (AvgIpc) is 3.17. The number of fused-ring (bicyclic) bond motifs is 1. The van der Waals surface area contributed by atoms with Crippen LogP contribution in [0.4, 0.5) is 0 Å². The van der Waals surface area contributed by atoms with Crippen molar-refractivity contribution in [3.8, 4) is 5.75 Å². The van der Waals surface area contributed by atoms with E-state index in [4.69, 9.17) is 4.74 Å². The van der Waals surface area contributed by atoms with E-state index < -0.39 is 0 Å². The maximum absolute atomic E-state index is 12.6. The summed E-state index contributed by atoms with van der Waals surface area (Å²) in [6.45, 7) is 4.93. The monoisotopic (exact) mass is 514 g/mol. The van der Waals surface area contributed by atoms with E-state index >= 15 is 0 Å². The van der Waals surface area contributed by atoms with Gasteiger partial charge in [-0.05, 0) is 36.4 Å². The van der Waals surface area contributed by atoms with Crippen LogP contribution in [-0.4, -0.2) is 43.5 Å². The number of halogens is 1. The predicted molar refractivity (Wildman–Crippen MR) is 125 cm³/mol. The minimum atomic E-state index is 0. The van der Waals surface area contributed by atoms with E-state index in [1.807, 2.05) is 36.1 Å². The maximum Gasteiger partial charge on any atom is 0.242 e. The largest absolute Gasteiger partial charge is 0.496 e. The van der Waals surface area contributed by atoms with Gasteiger partial charge < -0.3 is 20.3 Å². The van der Waals surface area contributed by atoms with Gasteiger partial charge >= 0.3 is 0 Å². The van der Waals surface area contributed by atoms with Gasteiger partial charge in [0.1, 0.15) is 5.75 Å². The van der Waals surface area contributed by atoms with Gasteiger partial charge in [0.25, 0.3) is 0 Å². The van der Waals surface area contributed by atoms with E-state index in [1.54, 1.807) is 18.4 Å². The van der Waals surface area contributed by atoms with E-state index in [-0.39, 0.29) is 36.4 Å². The second kappa shape index (κ2) is 11.3. The molecule has 1 aliphatic rings. The Balaban J connectivity index is 0.00000280. The summed E-state index contributed by atoms with van der Waals surface area (Å²) in [6.07, 6.45) is 0.945. The predicted octanol–water partition coefficient (Wildman–Crippen LogP) is 3.01. The number of carbonyl (C=O) groups excluding carboxylic acids is 1. The Bertz CT molecular complexity index is 809. The van der Waals surface area contributed by atoms with E-state index in [0.717, 1.165) is 30.8 Å². The first-order chi connectivity index (χ1) is 13.2. The first-order valence-corrected chi connectivity index (χ1v) is 10.1. The summed E-state index contributed by atoms with van der Waals surface area (Å²) in [5.74, 6) is 1.53. The zero-order valence-corrected chi connectivity index (χ0v) is 19.4. The number of nitrogens with zero attached hydrogens (tertiary/aromatic N) is 2. The van der Waals surface area contributed by atoms with Crippen LogP contribution >= 0.6 is 35.3 Å². The van der Waals surface area contributed by atoms with Crippen molar-refractivity contribution >= 4 is 47.2 Å². The molecule has 0 fully saturated rings. The number of guanidine groups is 1. The first kappa shape index (κ1) is 22.5. The molecule has 1 amide bonds. The highest BCUT2D eigenvalue weighted by atomic mass is 127. The highest BCUT2D eigenvalue weighted by Crippen LogP contribution is 2.23. The molecule has 28 heavy (non-hydrogen) atoms. The molecule has 1 aromatic heterocycles. The number of methoxy groups -OCH3 is 1. The summed E-state index contributed by atoms with van der Waals surface area (Å²) < 4.78 is 5.37. The number of aliphatic imine (C=N–C) groups is 1. The molecule has 2 heterocycles. The molecule has 0 radical (unpaired) electrons. The Kier molecular flexibility index (Phi) is 9.04. The summed E-state index contributed by atoms with van der Waals surface area (Å²) in [6, 6.07) is 9.93. The fourth-order valence-electron chi connectivity index (χ4n) is 3.07. The van der Waals surface area contributed by atoms with Gasteiger partial charge in [0.15, 0.2) is 5.96 Å². The van der Waals surface area contributed by atoms with Crippen molar-refractivity contribution in [2.45, 2.75) is 26.4 Å². The Morgan fingerprint density at radius 1 is 1.29 bits per heavy atom. The molecule has 3 rings (SSSR count). The number of nitrogens with one attached hydrogen (secondary N) is 2. The van der Waals surface area contributed by atoms with Gasteiger partial charge in [-0.25, -0.2) is 4.99 Å². The SMILES string of the molecule is CCNC(=NCc1ccccc1OC)NCC(=O)N1CCc2sccc2C1.I.